The Morgan fingerprint density at radius 2 is 2.13 bits per heavy atom. The molecule has 0 spiro atoms. The maximum atomic E-state index is 8.68. The zero-order chi connectivity index (χ0) is 11.7. The van der Waals surface area contributed by atoms with Crippen molar-refractivity contribution < 1.29 is 9.84 Å². The van der Waals surface area contributed by atoms with Crippen LogP contribution in [-0.4, -0.2) is 24.9 Å². The number of methoxy groups -OCH3 is 1. The molecule has 0 saturated heterocycles. The molecule has 0 saturated carbocycles. The summed E-state index contributed by atoms with van der Waals surface area (Å²) in [6.07, 6.45) is 7.69. The smallest absolute Gasteiger partial charge is 0.0792 e. The monoisotopic (exact) mass is 210 g/mol. The van der Waals surface area contributed by atoms with Crippen molar-refractivity contribution in [3.8, 4) is 0 Å². The predicted octanol–water partition coefficient (Wildman–Crippen LogP) is 2.85. The molecule has 0 aromatic heterocycles. The lowest BCUT2D eigenvalue weighted by Crippen LogP contribution is -2.07. The van der Waals surface area contributed by atoms with Gasteiger partial charge in [-0.05, 0) is 26.7 Å². The highest BCUT2D eigenvalue weighted by Gasteiger charge is 2.02. The van der Waals surface area contributed by atoms with Crippen LogP contribution in [0.1, 0.15) is 26.7 Å². The molecule has 1 unspecified atom stereocenters. The number of hydrogen-bond acceptors (Lipinski definition) is 2. The van der Waals surface area contributed by atoms with Crippen molar-refractivity contribution in [3.63, 3.8) is 0 Å². The van der Waals surface area contributed by atoms with Crippen LogP contribution in [0.3, 0.4) is 0 Å². The first-order valence-electron chi connectivity index (χ1n) is 5.23. The minimum Gasteiger partial charge on any atom is -0.396 e. The number of allylic oxidation sites excluding steroid dienone is 2. The van der Waals surface area contributed by atoms with Crippen LogP contribution in [0.25, 0.3) is 0 Å². The van der Waals surface area contributed by atoms with Gasteiger partial charge in [0.15, 0.2) is 0 Å². The predicted molar refractivity (Wildman–Crippen MR) is 64.8 cm³/mol. The largest absolute Gasteiger partial charge is 0.396 e. The Balaban J connectivity index is 4.14. The van der Waals surface area contributed by atoms with Gasteiger partial charge in [-0.25, -0.2) is 0 Å². The average molecular weight is 210 g/mol. The van der Waals surface area contributed by atoms with E-state index in [-0.39, 0.29) is 12.7 Å². The Bertz CT molecular complexity index is 239. The van der Waals surface area contributed by atoms with Crippen LogP contribution < -0.4 is 0 Å². The van der Waals surface area contributed by atoms with Crippen molar-refractivity contribution in [1.82, 2.24) is 0 Å². The summed E-state index contributed by atoms with van der Waals surface area (Å²) in [4.78, 5) is 0. The molecule has 0 aliphatic heterocycles. The van der Waals surface area contributed by atoms with E-state index in [1.54, 1.807) is 7.11 Å². The summed E-state index contributed by atoms with van der Waals surface area (Å²) >= 11 is 0. The third-order valence-electron chi connectivity index (χ3n) is 2.04. The molecule has 0 amide bonds. The first-order chi connectivity index (χ1) is 7.10. The number of hydrogen-bond donors (Lipinski definition) is 1. The standard InChI is InChI=1S/C13H22O2/c1-11(2)7-8-13(15-4)10-12(3)6-5-9-14/h6-8,13-14H,1,5,9-10H2,2-4H3/b8-7+,12-6-. The fourth-order valence-electron chi connectivity index (χ4n) is 1.21. The molecule has 0 aliphatic carbocycles. The van der Waals surface area contributed by atoms with Crippen molar-refractivity contribution in [2.24, 2.45) is 0 Å². The van der Waals surface area contributed by atoms with Crippen LogP contribution >= 0.6 is 0 Å². The highest BCUT2D eigenvalue weighted by molar-refractivity contribution is 5.14. The van der Waals surface area contributed by atoms with E-state index in [2.05, 4.69) is 13.5 Å². The second-order valence-corrected chi connectivity index (χ2v) is 3.75. The molecule has 0 fully saturated rings. The summed E-state index contributed by atoms with van der Waals surface area (Å²) in [5, 5.41) is 8.68. The van der Waals surface area contributed by atoms with Gasteiger partial charge in [-0.1, -0.05) is 36.0 Å². The molecule has 86 valence electrons. The van der Waals surface area contributed by atoms with E-state index in [1.165, 1.54) is 5.57 Å². The molecule has 0 aromatic carbocycles. The highest BCUT2D eigenvalue weighted by Crippen LogP contribution is 2.10. The lowest BCUT2D eigenvalue weighted by Gasteiger charge is -2.11. The summed E-state index contributed by atoms with van der Waals surface area (Å²) in [5.41, 5.74) is 2.26. The Hall–Kier alpha value is -0.860. The van der Waals surface area contributed by atoms with Gasteiger partial charge < -0.3 is 9.84 Å². The van der Waals surface area contributed by atoms with Gasteiger partial charge in [0.2, 0.25) is 0 Å². The van der Waals surface area contributed by atoms with E-state index in [1.807, 2.05) is 25.2 Å². The summed E-state index contributed by atoms with van der Waals surface area (Å²) in [5.74, 6) is 0. The molecule has 0 heterocycles. The molecule has 0 rings (SSSR count). The van der Waals surface area contributed by atoms with Crippen molar-refractivity contribution in [2.45, 2.75) is 32.8 Å². The third-order valence-corrected chi connectivity index (χ3v) is 2.04. The Morgan fingerprint density at radius 3 is 2.60 bits per heavy atom. The number of ether oxygens (including phenoxy) is 1. The van der Waals surface area contributed by atoms with E-state index in [0.717, 1.165) is 12.0 Å². The summed E-state index contributed by atoms with van der Waals surface area (Å²) in [7, 11) is 1.70. The maximum absolute atomic E-state index is 8.68. The molecule has 1 N–H and O–H groups in total. The lowest BCUT2D eigenvalue weighted by molar-refractivity contribution is 0.141. The van der Waals surface area contributed by atoms with Crippen LogP contribution in [0.5, 0.6) is 0 Å². The number of aliphatic hydroxyl groups is 1. The van der Waals surface area contributed by atoms with Crippen LogP contribution in [0.4, 0.5) is 0 Å². The SMILES string of the molecule is C=C(C)/C=C/C(C/C(C)=C\CCO)OC. The zero-order valence-electron chi connectivity index (χ0n) is 9.99. The Morgan fingerprint density at radius 1 is 1.47 bits per heavy atom. The second kappa shape index (κ2) is 8.45. The fraction of sp³-hybridized carbons (Fsp3) is 0.538. The van der Waals surface area contributed by atoms with Crippen LogP contribution in [-0.2, 0) is 4.74 Å². The normalized spacial score (nSPS) is 14.5. The van der Waals surface area contributed by atoms with E-state index >= 15 is 0 Å². The molecule has 0 aromatic rings. The topological polar surface area (TPSA) is 29.5 Å². The number of rotatable bonds is 7. The van der Waals surface area contributed by atoms with Gasteiger partial charge in [0.05, 0.1) is 6.10 Å². The molecule has 2 heteroatoms. The van der Waals surface area contributed by atoms with E-state index < -0.39 is 0 Å². The van der Waals surface area contributed by atoms with Crippen molar-refractivity contribution in [1.29, 1.82) is 0 Å². The highest BCUT2D eigenvalue weighted by atomic mass is 16.5. The molecular weight excluding hydrogens is 188 g/mol. The molecular formula is C13H22O2. The number of aliphatic hydroxyl groups excluding tert-OH is 1. The van der Waals surface area contributed by atoms with Gasteiger partial charge in [-0.15, -0.1) is 0 Å². The summed E-state index contributed by atoms with van der Waals surface area (Å²) < 4.78 is 5.32. The average Bonchev–Trinajstić information content (AvgIpc) is 2.20. The van der Waals surface area contributed by atoms with Gasteiger partial charge in [-0.2, -0.15) is 0 Å². The molecule has 0 aliphatic rings. The molecule has 0 bridgehead atoms. The van der Waals surface area contributed by atoms with Gasteiger partial charge in [-0.3, -0.25) is 0 Å². The molecule has 1 atom stereocenters. The lowest BCUT2D eigenvalue weighted by atomic mass is 10.1. The summed E-state index contributed by atoms with van der Waals surface area (Å²) in [6.45, 7) is 8.01. The molecule has 0 radical (unpaired) electrons. The van der Waals surface area contributed by atoms with Gasteiger partial charge in [0, 0.05) is 13.7 Å². The zero-order valence-corrected chi connectivity index (χ0v) is 9.99. The van der Waals surface area contributed by atoms with Crippen LogP contribution in [0.2, 0.25) is 0 Å². The Labute approximate surface area is 93.0 Å². The van der Waals surface area contributed by atoms with Gasteiger partial charge in [0.25, 0.3) is 0 Å². The first kappa shape index (κ1) is 14.1. The van der Waals surface area contributed by atoms with E-state index in [4.69, 9.17) is 9.84 Å². The first-order valence-corrected chi connectivity index (χ1v) is 5.23. The second-order valence-electron chi connectivity index (χ2n) is 3.75. The van der Waals surface area contributed by atoms with E-state index in [9.17, 15) is 0 Å². The molecule has 15 heavy (non-hydrogen) atoms. The minimum absolute atomic E-state index is 0.0941. The van der Waals surface area contributed by atoms with Crippen molar-refractivity contribution >= 4 is 0 Å². The van der Waals surface area contributed by atoms with Gasteiger partial charge in [0.1, 0.15) is 0 Å². The molecule has 2 nitrogen and oxygen atoms in total. The summed E-state index contributed by atoms with van der Waals surface area (Å²) in [6, 6.07) is 0. The van der Waals surface area contributed by atoms with Crippen molar-refractivity contribution in [2.75, 3.05) is 13.7 Å². The van der Waals surface area contributed by atoms with Gasteiger partial charge >= 0.3 is 0 Å². The third kappa shape index (κ3) is 8.16. The van der Waals surface area contributed by atoms with Crippen LogP contribution in [0, 0.1) is 0 Å². The van der Waals surface area contributed by atoms with E-state index in [0.29, 0.717) is 6.42 Å². The minimum atomic E-state index is 0.0941. The maximum Gasteiger partial charge on any atom is 0.0792 e. The van der Waals surface area contributed by atoms with Crippen LogP contribution in [0.15, 0.2) is 36.0 Å². The quantitative estimate of drug-likeness (QED) is 0.517. The fourth-order valence-corrected chi connectivity index (χ4v) is 1.21. The Kier molecular flexibility index (Phi) is 7.96. The van der Waals surface area contributed by atoms with Crippen molar-refractivity contribution in [3.05, 3.63) is 36.0 Å².